The number of aryl methyl sites for hydroxylation is 2. The Kier molecular flexibility index (Phi) is 3.02. The van der Waals surface area contributed by atoms with Gasteiger partial charge in [-0.05, 0) is 60.9 Å². The first-order chi connectivity index (χ1) is 9.16. The molecule has 2 aromatic rings. The Labute approximate surface area is 115 Å². The minimum absolute atomic E-state index is 1.14. The fourth-order valence-electron chi connectivity index (χ4n) is 3.13. The molecule has 2 aromatic carbocycles. The molecule has 0 heterocycles. The molecule has 1 aliphatic carbocycles. The van der Waals surface area contributed by atoms with Gasteiger partial charge in [-0.2, -0.15) is 0 Å². The highest BCUT2D eigenvalue weighted by molar-refractivity contribution is 5.82. The summed E-state index contributed by atoms with van der Waals surface area (Å²) in [5, 5.41) is 0. The van der Waals surface area contributed by atoms with Crippen LogP contribution in [0.15, 0.2) is 43.0 Å². The van der Waals surface area contributed by atoms with Crippen molar-refractivity contribution >= 4 is 5.57 Å². The van der Waals surface area contributed by atoms with Crippen LogP contribution in [-0.2, 0) is 12.8 Å². The van der Waals surface area contributed by atoms with Crippen LogP contribution in [0.25, 0.3) is 16.7 Å². The number of hydrogen-bond donors (Lipinski definition) is 0. The molecule has 0 aromatic heterocycles. The van der Waals surface area contributed by atoms with Crippen LogP contribution in [0.3, 0.4) is 0 Å². The molecule has 0 amide bonds. The van der Waals surface area contributed by atoms with Crippen molar-refractivity contribution in [3.63, 3.8) is 0 Å². The van der Waals surface area contributed by atoms with Crippen LogP contribution in [0.5, 0.6) is 0 Å². The van der Waals surface area contributed by atoms with E-state index in [0.717, 1.165) is 5.57 Å². The van der Waals surface area contributed by atoms with Crippen molar-refractivity contribution in [2.24, 2.45) is 0 Å². The summed E-state index contributed by atoms with van der Waals surface area (Å²) in [6, 6.07) is 13.4. The van der Waals surface area contributed by atoms with Crippen molar-refractivity contribution in [2.45, 2.75) is 33.1 Å². The summed E-state index contributed by atoms with van der Waals surface area (Å²) in [7, 11) is 0. The van der Waals surface area contributed by atoms with Crippen LogP contribution < -0.4 is 0 Å². The highest BCUT2D eigenvalue weighted by atomic mass is 14.2. The lowest BCUT2D eigenvalue weighted by Crippen LogP contribution is -1.93. The maximum Gasteiger partial charge on any atom is -0.0103 e. The number of hydrogen-bond acceptors (Lipinski definition) is 0. The van der Waals surface area contributed by atoms with E-state index in [-0.39, 0.29) is 0 Å². The molecule has 0 atom stereocenters. The lowest BCUT2D eigenvalue weighted by Gasteiger charge is -2.14. The van der Waals surface area contributed by atoms with Gasteiger partial charge in [-0.1, -0.05) is 54.1 Å². The molecule has 0 fully saturated rings. The van der Waals surface area contributed by atoms with Crippen molar-refractivity contribution in [1.29, 1.82) is 0 Å². The van der Waals surface area contributed by atoms with Gasteiger partial charge < -0.3 is 0 Å². The minimum atomic E-state index is 1.14. The fourth-order valence-corrected chi connectivity index (χ4v) is 3.13. The highest BCUT2D eigenvalue weighted by Crippen LogP contribution is 2.36. The van der Waals surface area contributed by atoms with E-state index in [1.807, 2.05) is 0 Å². The normalized spacial score (nSPS) is 13.4. The van der Waals surface area contributed by atoms with E-state index in [2.05, 4.69) is 56.8 Å². The SMILES string of the molecule is C=C(C)c1ccc(C)cc1-c1cccc2c1CCC2. The molecule has 0 saturated carbocycles. The smallest absolute Gasteiger partial charge is 0.0103 e. The summed E-state index contributed by atoms with van der Waals surface area (Å²) in [5.74, 6) is 0. The second-order valence-corrected chi connectivity index (χ2v) is 5.63. The van der Waals surface area contributed by atoms with Crippen molar-refractivity contribution in [3.8, 4) is 11.1 Å². The lowest BCUT2D eigenvalue weighted by molar-refractivity contribution is 0.912. The van der Waals surface area contributed by atoms with Crippen LogP contribution in [0.1, 0.15) is 35.6 Å². The van der Waals surface area contributed by atoms with Gasteiger partial charge in [0.1, 0.15) is 0 Å². The fraction of sp³-hybridized carbons (Fsp3) is 0.263. The summed E-state index contributed by atoms with van der Waals surface area (Å²) in [4.78, 5) is 0. The molecule has 19 heavy (non-hydrogen) atoms. The molecule has 96 valence electrons. The highest BCUT2D eigenvalue weighted by Gasteiger charge is 2.17. The van der Waals surface area contributed by atoms with E-state index in [9.17, 15) is 0 Å². The van der Waals surface area contributed by atoms with Crippen LogP contribution >= 0.6 is 0 Å². The third-order valence-corrected chi connectivity index (χ3v) is 4.07. The Morgan fingerprint density at radius 3 is 2.68 bits per heavy atom. The second-order valence-electron chi connectivity index (χ2n) is 5.63. The third-order valence-electron chi connectivity index (χ3n) is 4.07. The maximum atomic E-state index is 4.13. The van der Waals surface area contributed by atoms with E-state index < -0.39 is 0 Å². The van der Waals surface area contributed by atoms with Gasteiger partial charge in [0.2, 0.25) is 0 Å². The lowest BCUT2D eigenvalue weighted by atomic mass is 9.90. The number of fused-ring (bicyclic) bond motifs is 1. The molecule has 0 spiro atoms. The molecule has 0 heteroatoms. The zero-order valence-corrected chi connectivity index (χ0v) is 11.8. The van der Waals surface area contributed by atoms with Crippen LogP contribution in [0, 0.1) is 6.92 Å². The average Bonchev–Trinajstić information content (AvgIpc) is 2.86. The predicted molar refractivity (Wildman–Crippen MR) is 83.3 cm³/mol. The van der Waals surface area contributed by atoms with Gasteiger partial charge in [0.15, 0.2) is 0 Å². The number of allylic oxidation sites excluding steroid dienone is 1. The first-order valence-electron chi connectivity index (χ1n) is 7.04. The van der Waals surface area contributed by atoms with Crippen molar-refractivity contribution in [1.82, 2.24) is 0 Å². The van der Waals surface area contributed by atoms with Gasteiger partial charge in [0, 0.05) is 0 Å². The summed E-state index contributed by atoms with van der Waals surface area (Å²) in [5.41, 5.74) is 9.59. The molecular formula is C19H20. The molecule has 0 radical (unpaired) electrons. The van der Waals surface area contributed by atoms with Gasteiger partial charge in [-0.25, -0.2) is 0 Å². The van der Waals surface area contributed by atoms with Crippen molar-refractivity contribution in [3.05, 3.63) is 65.2 Å². The zero-order valence-electron chi connectivity index (χ0n) is 11.8. The predicted octanol–water partition coefficient (Wildman–Crippen LogP) is 5.18. The molecule has 0 bridgehead atoms. The summed E-state index contributed by atoms with van der Waals surface area (Å²) in [6.07, 6.45) is 3.74. The van der Waals surface area contributed by atoms with E-state index in [0.29, 0.717) is 0 Å². The topological polar surface area (TPSA) is 0 Å². The molecule has 1 aliphatic rings. The molecule has 0 aliphatic heterocycles. The molecule has 0 N–H and O–H groups in total. The molecule has 0 saturated heterocycles. The first kappa shape index (κ1) is 12.2. The van der Waals surface area contributed by atoms with Crippen LogP contribution in [0.2, 0.25) is 0 Å². The van der Waals surface area contributed by atoms with E-state index in [4.69, 9.17) is 0 Å². The summed E-state index contributed by atoms with van der Waals surface area (Å²) < 4.78 is 0. The zero-order chi connectivity index (χ0) is 13.4. The Bertz CT molecular complexity index is 647. The van der Waals surface area contributed by atoms with E-state index >= 15 is 0 Å². The largest absolute Gasteiger partial charge is 0.0955 e. The van der Waals surface area contributed by atoms with Crippen molar-refractivity contribution in [2.75, 3.05) is 0 Å². The van der Waals surface area contributed by atoms with Gasteiger partial charge in [0.05, 0.1) is 0 Å². The summed E-state index contributed by atoms with van der Waals surface area (Å²) in [6.45, 7) is 8.39. The van der Waals surface area contributed by atoms with Gasteiger partial charge in [0.25, 0.3) is 0 Å². The minimum Gasteiger partial charge on any atom is -0.0955 e. The quantitative estimate of drug-likeness (QED) is 0.686. The Hall–Kier alpha value is -1.82. The Balaban J connectivity index is 2.25. The number of rotatable bonds is 2. The second kappa shape index (κ2) is 4.70. The van der Waals surface area contributed by atoms with Gasteiger partial charge in [-0.3, -0.25) is 0 Å². The summed E-state index contributed by atoms with van der Waals surface area (Å²) >= 11 is 0. The molecule has 0 nitrogen and oxygen atoms in total. The standard InChI is InChI=1S/C19H20/c1-13(2)16-11-10-14(3)12-19(16)18-9-5-7-15-6-4-8-17(15)18/h5,7,9-12H,1,4,6,8H2,2-3H3. The average molecular weight is 248 g/mol. The Morgan fingerprint density at radius 1 is 1.05 bits per heavy atom. The molecule has 3 rings (SSSR count). The molecular weight excluding hydrogens is 228 g/mol. The van der Waals surface area contributed by atoms with Crippen LogP contribution in [-0.4, -0.2) is 0 Å². The van der Waals surface area contributed by atoms with Gasteiger partial charge >= 0.3 is 0 Å². The van der Waals surface area contributed by atoms with E-state index in [1.165, 1.54) is 47.1 Å². The van der Waals surface area contributed by atoms with E-state index in [1.54, 1.807) is 5.56 Å². The maximum absolute atomic E-state index is 4.13. The van der Waals surface area contributed by atoms with Crippen molar-refractivity contribution < 1.29 is 0 Å². The monoisotopic (exact) mass is 248 g/mol. The van der Waals surface area contributed by atoms with Crippen LogP contribution in [0.4, 0.5) is 0 Å². The number of benzene rings is 2. The van der Waals surface area contributed by atoms with Gasteiger partial charge in [-0.15, -0.1) is 0 Å². The third kappa shape index (κ3) is 2.12. The Morgan fingerprint density at radius 2 is 1.89 bits per heavy atom. The molecule has 0 unspecified atom stereocenters. The first-order valence-corrected chi connectivity index (χ1v) is 7.04.